The largest absolute Gasteiger partial charge is 0.372 e. The van der Waals surface area contributed by atoms with Gasteiger partial charge in [0.15, 0.2) is 0 Å². The molecule has 1 amide bonds. The second-order valence-electron chi connectivity index (χ2n) is 6.07. The van der Waals surface area contributed by atoms with Gasteiger partial charge in [-0.3, -0.25) is 9.78 Å². The van der Waals surface area contributed by atoms with Crippen molar-refractivity contribution in [2.24, 2.45) is 5.92 Å². The molecule has 1 fully saturated rings. The van der Waals surface area contributed by atoms with Gasteiger partial charge in [0.05, 0.1) is 36.0 Å². The number of carbonyl (C=O) groups excluding carboxylic acids is 1. The molecule has 0 unspecified atom stereocenters. The van der Waals surface area contributed by atoms with Crippen molar-refractivity contribution in [1.29, 1.82) is 0 Å². The Labute approximate surface area is 141 Å². The third kappa shape index (κ3) is 4.04. The molecule has 1 saturated heterocycles. The number of amides is 1. The van der Waals surface area contributed by atoms with E-state index in [1.54, 1.807) is 18.5 Å². The normalized spacial score (nSPS) is 18.0. The predicted octanol–water partition coefficient (Wildman–Crippen LogP) is 1.79. The van der Waals surface area contributed by atoms with Crippen molar-refractivity contribution in [3.63, 3.8) is 0 Å². The number of aromatic nitrogens is 4. The van der Waals surface area contributed by atoms with Crippen molar-refractivity contribution in [3.05, 3.63) is 42.1 Å². The number of anilines is 1. The predicted molar refractivity (Wildman–Crippen MR) is 90.6 cm³/mol. The minimum atomic E-state index is 0.0451. The summed E-state index contributed by atoms with van der Waals surface area (Å²) in [6.45, 7) is 1.57. The third-order valence-electron chi connectivity index (χ3n) is 4.43. The standard InChI is InChI=1S/C17H22N6O/c1-18-16-12-19-15(11-20-16)9-13-3-2-7-23(8-5-13)17(24)14-4-6-21-22-10-14/h4,6,10-13H,2-3,5,7-9H2,1H3,(H,18,20)/t13-/m0/s1. The highest BCUT2D eigenvalue weighted by molar-refractivity contribution is 5.93. The van der Waals surface area contributed by atoms with Gasteiger partial charge >= 0.3 is 0 Å². The van der Waals surface area contributed by atoms with Gasteiger partial charge < -0.3 is 10.2 Å². The summed E-state index contributed by atoms with van der Waals surface area (Å²) in [5.74, 6) is 1.36. The van der Waals surface area contributed by atoms with Crippen LogP contribution in [0.1, 0.15) is 35.3 Å². The Morgan fingerprint density at radius 1 is 1.21 bits per heavy atom. The van der Waals surface area contributed by atoms with Crippen LogP contribution in [0.3, 0.4) is 0 Å². The SMILES string of the molecule is CNc1cnc(C[C@H]2CCCN(C(=O)c3ccnnc3)CC2)cn1. The number of hydrogen-bond acceptors (Lipinski definition) is 6. The molecule has 2 aromatic heterocycles. The molecular weight excluding hydrogens is 304 g/mol. The Morgan fingerprint density at radius 2 is 2.12 bits per heavy atom. The van der Waals surface area contributed by atoms with Crippen LogP contribution < -0.4 is 5.32 Å². The van der Waals surface area contributed by atoms with Gasteiger partial charge in [-0.15, -0.1) is 0 Å². The third-order valence-corrected chi connectivity index (χ3v) is 4.43. The van der Waals surface area contributed by atoms with Gasteiger partial charge in [0.1, 0.15) is 5.82 Å². The summed E-state index contributed by atoms with van der Waals surface area (Å²) in [4.78, 5) is 23.2. The quantitative estimate of drug-likeness (QED) is 0.922. The lowest BCUT2D eigenvalue weighted by atomic mass is 9.95. The van der Waals surface area contributed by atoms with E-state index >= 15 is 0 Å². The lowest BCUT2D eigenvalue weighted by Crippen LogP contribution is -2.32. The molecule has 3 rings (SSSR count). The van der Waals surface area contributed by atoms with Crippen molar-refractivity contribution in [2.45, 2.75) is 25.7 Å². The molecule has 0 aliphatic carbocycles. The first-order valence-electron chi connectivity index (χ1n) is 8.31. The fraction of sp³-hybridized carbons (Fsp3) is 0.471. The molecule has 24 heavy (non-hydrogen) atoms. The van der Waals surface area contributed by atoms with E-state index in [-0.39, 0.29) is 5.91 Å². The van der Waals surface area contributed by atoms with Gasteiger partial charge in [-0.2, -0.15) is 10.2 Å². The smallest absolute Gasteiger partial charge is 0.255 e. The van der Waals surface area contributed by atoms with Crippen LogP contribution in [0.2, 0.25) is 0 Å². The second-order valence-corrected chi connectivity index (χ2v) is 6.07. The molecule has 1 aliphatic heterocycles. The lowest BCUT2D eigenvalue weighted by Gasteiger charge is -2.20. The maximum atomic E-state index is 12.5. The summed E-state index contributed by atoms with van der Waals surface area (Å²) in [6.07, 6.45) is 10.7. The summed E-state index contributed by atoms with van der Waals surface area (Å²) >= 11 is 0. The van der Waals surface area contributed by atoms with Crippen molar-refractivity contribution < 1.29 is 4.79 Å². The number of hydrogen-bond donors (Lipinski definition) is 1. The number of carbonyl (C=O) groups is 1. The van der Waals surface area contributed by atoms with E-state index in [1.807, 2.05) is 18.1 Å². The van der Waals surface area contributed by atoms with Gasteiger partial charge in [-0.1, -0.05) is 0 Å². The lowest BCUT2D eigenvalue weighted by molar-refractivity contribution is 0.0759. The molecular formula is C17H22N6O. The number of likely N-dealkylation sites (tertiary alicyclic amines) is 1. The first-order valence-corrected chi connectivity index (χ1v) is 8.31. The molecule has 2 aromatic rings. The van der Waals surface area contributed by atoms with Gasteiger partial charge in [0.25, 0.3) is 5.91 Å². The molecule has 1 atom stereocenters. The van der Waals surface area contributed by atoms with E-state index in [2.05, 4.69) is 25.5 Å². The Kier molecular flexibility index (Phi) is 5.30. The maximum absolute atomic E-state index is 12.5. The zero-order chi connectivity index (χ0) is 16.8. The summed E-state index contributed by atoms with van der Waals surface area (Å²) in [6, 6.07) is 1.72. The summed E-state index contributed by atoms with van der Waals surface area (Å²) < 4.78 is 0. The van der Waals surface area contributed by atoms with Crippen LogP contribution in [0.5, 0.6) is 0 Å². The van der Waals surface area contributed by atoms with Crippen LogP contribution in [0.25, 0.3) is 0 Å². The Bertz CT molecular complexity index is 661. The van der Waals surface area contributed by atoms with Crippen molar-refractivity contribution in [1.82, 2.24) is 25.1 Å². The molecule has 0 saturated carbocycles. The van der Waals surface area contributed by atoms with Crippen molar-refractivity contribution in [2.75, 3.05) is 25.5 Å². The van der Waals surface area contributed by atoms with Gasteiger partial charge in [-0.25, -0.2) is 4.98 Å². The number of nitrogens with zero attached hydrogens (tertiary/aromatic N) is 5. The maximum Gasteiger partial charge on any atom is 0.255 e. The molecule has 7 nitrogen and oxygen atoms in total. The van der Waals surface area contributed by atoms with Crippen LogP contribution in [-0.2, 0) is 6.42 Å². The van der Waals surface area contributed by atoms with E-state index in [0.29, 0.717) is 11.5 Å². The Balaban J connectivity index is 1.57. The minimum Gasteiger partial charge on any atom is -0.372 e. The molecule has 0 bridgehead atoms. The second kappa shape index (κ2) is 7.81. The minimum absolute atomic E-state index is 0.0451. The Morgan fingerprint density at radius 3 is 2.83 bits per heavy atom. The van der Waals surface area contributed by atoms with Gasteiger partial charge in [-0.05, 0) is 37.7 Å². The highest BCUT2D eigenvalue weighted by atomic mass is 16.2. The van der Waals surface area contributed by atoms with Crippen molar-refractivity contribution in [3.8, 4) is 0 Å². The topological polar surface area (TPSA) is 83.9 Å². The first-order chi connectivity index (χ1) is 11.8. The first kappa shape index (κ1) is 16.3. The highest BCUT2D eigenvalue weighted by Crippen LogP contribution is 2.22. The van der Waals surface area contributed by atoms with Gasteiger partial charge in [0.2, 0.25) is 0 Å². The molecule has 0 spiro atoms. The molecule has 3 heterocycles. The van der Waals surface area contributed by atoms with Crippen LogP contribution >= 0.6 is 0 Å². The zero-order valence-electron chi connectivity index (χ0n) is 13.9. The van der Waals surface area contributed by atoms with Crippen LogP contribution in [0.15, 0.2) is 30.9 Å². The van der Waals surface area contributed by atoms with Crippen LogP contribution in [0.4, 0.5) is 5.82 Å². The molecule has 7 heteroatoms. The van der Waals surface area contributed by atoms with E-state index in [9.17, 15) is 4.79 Å². The molecule has 126 valence electrons. The molecule has 1 N–H and O–H groups in total. The number of rotatable bonds is 4. The van der Waals surface area contributed by atoms with E-state index < -0.39 is 0 Å². The monoisotopic (exact) mass is 326 g/mol. The van der Waals surface area contributed by atoms with Crippen LogP contribution in [-0.4, -0.2) is 51.1 Å². The molecule has 0 aromatic carbocycles. The average Bonchev–Trinajstić information content (AvgIpc) is 2.88. The van der Waals surface area contributed by atoms with Crippen LogP contribution in [0, 0.1) is 5.92 Å². The Hall–Kier alpha value is -2.57. The summed E-state index contributed by atoms with van der Waals surface area (Å²) in [7, 11) is 1.83. The van der Waals surface area contributed by atoms with E-state index in [1.165, 1.54) is 6.20 Å². The summed E-state index contributed by atoms with van der Waals surface area (Å²) in [5.41, 5.74) is 1.62. The van der Waals surface area contributed by atoms with Gasteiger partial charge in [0, 0.05) is 20.1 Å². The zero-order valence-corrected chi connectivity index (χ0v) is 13.9. The van der Waals surface area contributed by atoms with Crippen molar-refractivity contribution >= 4 is 11.7 Å². The van der Waals surface area contributed by atoms with E-state index in [0.717, 1.165) is 50.3 Å². The number of nitrogens with one attached hydrogen (secondary N) is 1. The average molecular weight is 326 g/mol. The van der Waals surface area contributed by atoms with E-state index in [4.69, 9.17) is 0 Å². The fourth-order valence-corrected chi connectivity index (χ4v) is 3.06. The fourth-order valence-electron chi connectivity index (χ4n) is 3.06. The summed E-state index contributed by atoms with van der Waals surface area (Å²) in [5, 5.41) is 10.5. The molecule has 0 radical (unpaired) electrons. The molecule has 1 aliphatic rings. The highest BCUT2D eigenvalue weighted by Gasteiger charge is 2.22.